The number of benzene rings is 2. The molecule has 1 nitrogen and oxygen atoms in total. The van der Waals surface area contributed by atoms with Crippen molar-refractivity contribution >= 4 is 27.5 Å². The molecule has 100 valence electrons. The van der Waals surface area contributed by atoms with E-state index >= 15 is 0 Å². The van der Waals surface area contributed by atoms with Gasteiger partial charge in [-0.15, -0.1) is 0 Å². The molecule has 0 aliphatic carbocycles. The number of halogens is 4. The lowest BCUT2D eigenvalue weighted by Crippen LogP contribution is -1.96. The number of methoxy groups -OCH3 is 1. The van der Waals surface area contributed by atoms with Crippen LogP contribution in [0.15, 0.2) is 36.4 Å². The predicted molar refractivity (Wildman–Crippen MR) is 75.1 cm³/mol. The molecule has 1 unspecified atom stereocenters. The first kappa shape index (κ1) is 14.3. The lowest BCUT2D eigenvalue weighted by molar-refractivity contribution is 0.415. The van der Waals surface area contributed by atoms with Gasteiger partial charge in [-0.1, -0.05) is 39.7 Å². The molecule has 2 rings (SSSR count). The molecule has 0 aromatic heterocycles. The average molecular weight is 348 g/mol. The third kappa shape index (κ3) is 3.07. The molecule has 0 N–H and O–H groups in total. The van der Waals surface area contributed by atoms with Crippen LogP contribution in [0.1, 0.15) is 16.0 Å². The van der Waals surface area contributed by atoms with Gasteiger partial charge in [-0.2, -0.15) is 0 Å². The van der Waals surface area contributed by atoms with E-state index in [-0.39, 0.29) is 4.83 Å². The van der Waals surface area contributed by atoms with Crippen molar-refractivity contribution < 1.29 is 13.5 Å². The Hall–Kier alpha value is -1.13. The van der Waals surface area contributed by atoms with E-state index in [1.54, 1.807) is 12.1 Å². The van der Waals surface area contributed by atoms with E-state index in [2.05, 4.69) is 15.9 Å². The van der Waals surface area contributed by atoms with E-state index in [0.29, 0.717) is 16.3 Å². The molecule has 0 bridgehead atoms. The maximum Gasteiger partial charge on any atom is 0.159 e. The van der Waals surface area contributed by atoms with Gasteiger partial charge in [0.2, 0.25) is 0 Å². The van der Waals surface area contributed by atoms with Crippen LogP contribution >= 0.6 is 27.5 Å². The van der Waals surface area contributed by atoms with Crippen LogP contribution in [-0.4, -0.2) is 7.11 Å². The smallest absolute Gasteiger partial charge is 0.159 e. The van der Waals surface area contributed by atoms with Crippen LogP contribution < -0.4 is 4.74 Å². The van der Waals surface area contributed by atoms with Gasteiger partial charge >= 0.3 is 0 Å². The minimum atomic E-state index is -0.874. The van der Waals surface area contributed by atoms with Crippen LogP contribution in [0, 0.1) is 11.6 Å². The highest BCUT2D eigenvalue weighted by molar-refractivity contribution is 9.09. The maximum absolute atomic E-state index is 13.2. The summed E-state index contributed by atoms with van der Waals surface area (Å²) in [5, 5.41) is 0.465. The molecule has 2 aromatic carbocycles. The van der Waals surface area contributed by atoms with E-state index in [9.17, 15) is 8.78 Å². The van der Waals surface area contributed by atoms with Gasteiger partial charge in [-0.25, -0.2) is 8.78 Å². The Bertz CT molecular complexity index is 604. The molecule has 19 heavy (non-hydrogen) atoms. The monoisotopic (exact) mass is 346 g/mol. The second kappa shape index (κ2) is 5.88. The molecule has 0 amide bonds. The van der Waals surface area contributed by atoms with E-state index in [4.69, 9.17) is 16.3 Å². The Morgan fingerprint density at radius 1 is 1.05 bits per heavy atom. The summed E-state index contributed by atoms with van der Waals surface area (Å²) in [7, 11) is 1.53. The highest BCUT2D eigenvalue weighted by Crippen LogP contribution is 2.35. The number of rotatable bonds is 3. The topological polar surface area (TPSA) is 9.23 Å². The molecule has 0 spiro atoms. The Labute approximate surface area is 123 Å². The van der Waals surface area contributed by atoms with Crippen molar-refractivity contribution in [3.63, 3.8) is 0 Å². The lowest BCUT2D eigenvalue weighted by atomic mass is 10.0. The number of hydrogen-bond acceptors (Lipinski definition) is 1. The quantitative estimate of drug-likeness (QED) is 0.701. The van der Waals surface area contributed by atoms with Crippen molar-refractivity contribution in [3.05, 3.63) is 64.2 Å². The van der Waals surface area contributed by atoms with E-state index in [0.717, 1.165) is 17.7 Å². The van der Waals surface area contributed by atoms with Crippen molar-refractivity contribution in [2.75, 3.05) is 7.11 Å². The summed E-state index contributed by atoms with van der Waals surface area (Å²) in [6.07, 6.45) is 0. The van der Waals surface area contributed by atoms with Gasteiger partial charge in [0, 0.05) is 0 Å². The SMILES string of the molecule is COc1ccc(C(Br)c2ccc(F)c(F)c2)cc1Cl. The number of ether oxygens (including phenoxy) is 1. The predicted octanol–water partition coefficient (Wildman–Crippen LogP) is 5.11. The first-order valence-electron chi connectivity index (χ1n) is 5.45. The summed E-state index contributed by atoms with van der Waals surface area (Å²) in [6.45, 7) is 0. The second-order valence-corrected chi connectivity index (χ2v) is 5.25. The van der Waals surface area contributed by atoms with Crippen LogP contribution in [0.5, 0.6) is 5.75 Å². The van der Waals surface area contributed by atoms with Crippen molar-refractivity contribution in [1.29, 1.82) is 0 Å². The standard InChI is InChI=1S/C14H10BrClF2O/c1-19-13-5-3-8(6-10(13)16)14(15)9-2-4-11(17)12(18)7-9/h2-7,14H,1H3. The highest BCUT2D eigenvalue weighted by atomic mass is 79.9. The van der Waals surface area contributed by atoms with Gasteiger partial charge in [0.1, 0.15) is 5.75 Å². The molecule has 1 atom stereocenters. The molecular weight excluding hydrogens is 338 g/mol. The molecule has 0 radical (unpaired) electrons. The van der Waals surface area contributed by atoms with Crippen LogP contribution in [0.25, 0.3) is 0 Å². The zero-order valence-corrected chi connectivity index (χ0v) is 12.3. The van der Waals surface area contributed by atoms with Crippen molar-refractivity contribution in [3.8, 4) is 5.75 Å². The van der Waals surface area contributed by atoms with E-state index in [1.807, 2.05) is 6.07 Å². The van der Waals surface area contributed by atoms with Gasteiger partial charge in [0.25, 0.3) is 0 Å². The first-order valence-corrected chi connectivity index (χ1v) is 6.74. The molecule has 5 heteroatoms. The summed E-state index contributed by atoms with van der Waals surface area (Å²) in [4.78, 5) is -0.272. The third-order valence-corrected chi connectivity index (χ3v) is 4.06. The second-order valence-electron chi connectivity index (χ2n) is 3.93. The van der Waals surface area contributed by atoms with E-state index in [1.165, 1.54) is 13.2 Å². The highest BCUT2D eigenvalue weighted by Gasteiger charge is 2.14. The van der Waals surface area contributed by atoms with Crippen LogP contribution in [0.4, 0.5) is 8.78 Å². The molecule has 0 fully saturated rings. The fraction of sp³-hybridized carbons (Fsp3) is 0.143. The molecule has 0 saturated carbocycles. The van der Waals surface area contributed by atoms with Gasteiger partial charge in [-0.05, 0) is 35.4 Å². The normalized spacial score (nSPS) is 12.3. The lowest BCUT2D eigenvalue weighted by Gasteiger charge is -2.13. The van der Waals surface area contributed by atoms with Gasteiger partial charge in [0.15, 0.2) is 11.6 Å². The summed E-state index contributed by atoms with van der Waals surface area (Å²) in [5.74, 6) is -1.17. The number of hydrogen-bond donors (Lipinski definition) is 0. The molecule has 0 aliphatic rings. The zero-order valence-electron chi connectivity index (χ0n) is 9.96. The van der Waals surface area contributed by atoms with Crippen molar-refractivity contribution in [2.45, 2.75) is 4.83 Å². The number of alkyl halides is 1. The summed E-state index contributed by atoms with van der Waals surface area (Å²) >= 11 is 9.48. The van der Waals surface area contributed by atoms with Gasteiger partial charge in [-0.3, -0.25) is 0 Å². The molecule has 0 saturated heterocycles. The van der Waals surface area contributed by atoms with Crippen LogP contribution in [0.3, 0.4) is 0 Å². The summed E-state index contributed by atoms with van der Waals surface area (Å²) in [5.41, 5.74) is 1.44. The van der Waals surface area contributed by atoms with Crippen LogP contribution in [-0.2, 0) is 0 Å². The minimum absolute atomic E-state index is 0.272. The summed E-state index contributed by atoms with van der Waals surface area (Å²) in [6, 6.07) is 9.05. The molecule has 0 heterocycles. The molecular formula is C14H10BrClF2O. The first-order chi connectivity index (χ1) is 9.02. The van der Waals surface area contributed by atoms with E-state index < -0.39 is 11.6 Å². The third-order valence-electron chi connectivity index (χ3n) is 2.70. The Kier molecular flexibility index (Phi) is 4.42. The Morgan fingerprint density at radius 2 is 1.68 bits per heavy atom. The van der Waals surface area contributed by atoms with Gasteiger partial charge in [0.05, 0.1) is 17.0 Å². The average Bonchev–Trinajstić information content (AvgIpc) is 2.41. The fourth-order valence-corrected chi connectivity index (χ4v) is 2.54. The minimum Gasteiger partial charge on any atom is -0.495 e. The van der Waals surface area contributed by atoms with Crippen molar-refractivity contribution in [1.82, 2.24) is 0 Å². The summed E-state index contributed by atoms with van der Waals surface area (Å²) < 4.78 is 31.2. The maximum atomic E-state index is 13.2. The molecule has 0 aliphatic heterocycles. The Morgan fingerprint density at radius 3 is 2.26 bits per heavy atom. The largest absolute Gasteiger partial charge is 0.495 e. The van der Waals surface area contributed by atoms with Crippen molar-refractivity contribution in [2.24, 2.45) is 0 Å². The Balaban J connectivity index is 2.35. The zero-order chi connectivity index (χ0) is 14.0. The van der Waals surface area contributed by atoms with Gasteiger partial charge < -0.3 is 4.74 Å². The fourth-order valence-electron chi connectivity index (χ4n) is 1.70. The molecule has 2 aromatic rings. The van der Waals surface area contributed by atoms with Crippen LogP contribution in [0.2, 0.25) is 5.02 Å².